The molecule has 1 unspecified atom stereocenters. The summed E-state index contributed by atoms with van der Waals surface area (Å²) >= 11 is 1.61. The second-order valence-electron chi connectivity index (χ2n) is 9.53. The van der Waals surface area contributed by atoms with Crippen LogP contribution in [0.25, 0.3) is 10.4 Å². The van der Waals surface area contributed by atoms with Crippen LogP contribution in [0.3, 0.4) is 0 Å². The molecule has 7 nitrogen and oxygen atoms in total. The van der Waals surface area contributed by atoms with Crippen LogP contribution in [0, 0.1) is 18.8 Å². The molecule has 0 spiro atoms. The highest BCUT2D eigenvalue weighted by atomic mass is 32.1. The number of rotatable bonds is 7. The maximum atomic E-state index is 12.7. The molecule has 1 aromatic heterocycles. The third-order valence-corrected chi connectivity index (χ3v) is 6.22. The highest BCUT2D eigenvalue weighted by molar-refractivity contribution is 7.13. The number of hydrogen-bond donors (Lipinski definition) is 2. The molecule has 0 radical (unpaired) electrons. The van der Waals surface area contributed by atoms with Crippen molar-refractivity contribution in [2.24, 2.45) is 11.8 Å². The fourth-order valence-corrected chi connectivity index (χ4v) is 4.28. The molecule has 3 rings (SSSR count). The summed E-state index contributed by atoms with van der Waals surface area (Å²) in [6, 6.07) is 7.57. The zero-order chi connectivity index (χ0) is 29.3. The average molecular weight is 547 g/mol. The number of hydrogen-bond acceptors (Lipinski definition) is 5. The Labute approximate surface area is 234 Å². The Bertz CT molecular complexity index is 952. The number of thiazole rings is 1. The molecule has 1 saturated heterocycles. The number of aryl methyl sites for hydroxylation is 1. The minimum absolute atomic E-state index is 0.0702. The van der Waals surface area contributed by atoms with Gasteiger partial charge in [-0.2, -0.15) is 0 Å². The fraction of sp³-hybridized carbons (Fsp3) is 0.600. The van der Waals surface area contributed by atoms with Gasteiger partial charge in [0.1, 0.15) is 6.04 Å². The fourth-order valence-electron chi connectivity index (χ4n) is 3.47. The molecule has 1 aliphatic rings. The molecular weight excluding hydrogens is 496 g/mol. The number of carbonyl (C=O) groups is 3. The van der Waals surface area contributed by atoms with E-state index in [4.69, 9.17) is 0 Å². The zero-order valence-electron chi connectivity index (χ0n) is 25.2. The smallest absolute Gasteiger partial charge is 0.243 e. The number of nitrogens with zero attached hydrogens (tertiary/aromatic N) is 2. The van der Waals surface area contributed by atoms with Crippen molar-refractivity contribution < 1.29 is 14.4 Å². The Kier molecular flexibility index (Phi) is 18.0. The Balaban J connectivity index is 0.00000153. The SMILES string of the molecule is CC.CC.CC(C)C.Cc1ncsc1-c1ccc(CNC(=O)C2CCCN2C(=O)CNC(=O)C(C)C)cc1. The van der Waals surface area contributed by atoms with Crippen LogP contribution in [-0.2, 0) is 20.9 Å². The van der Waals surface area contributed by atoms with Gasteiger partial charge in [-0.25, -0.2) is 4.98 Å². The largest absolute Gasteiger partial charge is 0.350 e. The van der Waals surface area contributed by atoms with Crippen LogP contribution < -0.4 is 10.6 Å². The summed E-state index contributed by atoms with van der Waals surface area (Å²) in [6.45, 7) is 20.9. The third kappa shape index (κ3) is 12.2. The van der Waals surface area contributed by atoms with Gasteiger partial charge in [0, 0.05) is 19.0 Å². The molecule has 3 amide bonds. The van der Waals surface area contributed by atoms with E-state index in [2.05, 4.69) is 36.4 Å². The first kappa shape index (κ1) is 35.3. The van der Waals surface area contributed by atoms with E-state index in [-0.39, 0.29) is 30.2 Å². The molecular formula is C30H50N4O3S. The Morgan fingerprint density at radius 1 is 1.00 bits per heavy atom. The number of amides is 3. The number of nitrogens with one attached hydrogen (secondary N) is 2. The minimum atomic E-state index is -0.479. The molecule has 214 valence electrons. The van der Waals surface area contributed by atoms with Gasteiger partial charge >= 0.3 is 0 Å². The standard InChI is InChI=1S/C22H28N4O3S.C4H10.2C2H6/c1-14(2)21(28)24-12-19(27)26-10-4-5-18(26)22(29)23-11-16-6-8-17(9-7-16)20-15(3)25-13-30-20;1-4(2)3;2*1-2/h6-9,13-14,18H,4-5,10-12H2,1-3H3,(H,23,29)(H,24,28);4H,1-3H3;2*1-2H3. The van der Waals surface area contributed by atoms with Crippen LogP contribution in [-0.4, -0.2) is 46.7 Å². The third-order valence-electron chi connectivity index (χ3n) is 5.24. The van der Waals surface area contributed by atoms with Crippen molar-refractivity contribution in [3.63, 3.8) is 0 Å². The van der Waals surface area contributed by atoms with E-state index in [0.29, 0.717) is 19.5 Å². The van der Waals surface area contributed by atoms with E-state index < -0.39 is 6.04 Å². The lowest BCUT2D eigenvalue weighted by atomic mass is 10.1. The van der Waals surface area contributed by atoms with Crippen LogP contribution in [0.2, 0.25) is 0 Å². The first-order valence-electron chi connectivity index (χ1n) is 13.9. The van der Waals surface area contributed by atoms with Gasteiger partial charge in [0.2, 0.25) is 17.7 Å². The highest BCUT2D eigenvalue weighted by Crippen LogP contribution is 2.27. The topological polar surface area (TPSA) is 91.4 Å². The Morgan fingerprint density at radius 2 is 1.58 bits per heavy atom. The van der Waals surface area contributed by atoms with Crippen LogP contribution in [0.5, 0.6) is 0 Å². The van der Waals surface area contributed by atoms with Crippen molar-refractivity contribution in [2.45, 2.75) is 94.7 Å². The lowest BCUT2D eigenvalue weighted by molar-refractivity contribution is -0.139. The second kappa shape index (κ2) is 19.3. The van der Waals surface area contributed by atoms with E-state index in [1.54, 1.807) is 30.1 Å². The van der Waals surface area contributed by atoms with Crippen LogP contribution in [0.4, 0.5) is 0 Å². The van der Waals surface area contributed by atoms with Gasteiger partial charge < -0.3 is 15.5 Å². The quantitative estimate of drug-likeness (QED) is 0.432. The normalized spacial score (nSPS) is 13.9. The molecule has 0 saturated carbocycles. The van der Waals surface area contributed by atoms with Gasteiger partial charge in [-0.3, -0.25) is 14.4 Å². The number of carbonyl (C=O) groups excluding carboxylic acids is 3. The molecule has 2 aromatic rings. The summed E-state index contributed by atoms with van der Waals surface area (Å²) < 4.78 is 0. The molecule has 2 N–H and O–H groups in total. The van der Waals surface area contributed by atoms with E-state index >= 15 is 0 Å². The van der Waals surface area contributed by atoms with Gasteiger partial charge in [-0.15, -0.1) is 11.3 Å². The predicted octanol–water partition coefficient (Wildman–Crippen LogP) is 6.21. The van der Waals surface area contributed by atoms with Crippen LogP contribution in [0.15, 0.2) is 29.8 Å². The number of benzene rings is 1. The van der Waals surface area contributed by atoms with Crippen molar-refractivity contribution in [1.82, 2.24) is 20.5 Å². The maximum Gasteiger partial charge on any atom is 0.243 e. The van der Waals surface area contributed by atoms with E-state index in [1.807, 2.05) is 64.4 Å². The summed E-state index contributed by atoms with van der Waals surface area (Å²) in [5.74, 6) is 0.117. The predicted molar refractivity (Wildman–Crippen MR) is 160 cm³/mol. The van der Waals surface area contributed by atoms with Gasteiger partial charge in [-0.1, -0.05) is 86.6 Å². The van der Waals surface area contributed by atoms with Crippen LogP contribution in [0.1, 0.15) is 86.4 Å². The van der Waals surface area contributed by atoms with Crippen LogP contribution >= 0.6 is 11.3 Å². The summed E-state index contributed by atoms with van der Waals surface area (Å²) in [5.41, 5.74) is 4.95. The second-order valence-corrected chi connectivity index (χ2v) is 10.4. The molecule has 0 aliphatic carbocycles. The minimum Gasteiger partial charge on any atom is -0.350 e. The zero-order valence-corrected chi connectivity index (χ0v) is 26.0. The maximum absolute atomic E-state index is 12.7. The summed E-state index contributed by atoms with van der Waals surface area (Å²) in [4.78, 5) is 43.8. The Morgan fingerprint density at radius 3 is 2.08 bits per heavy atom. The highest BCUT2D eigenvalue weighted by Gasteiger charge is 2.33. The summed E-state index contributed by atoms with van der Waals surface area (Å²) in [6.07, 6.45) is 1.42. The Hall–Kier alpha value is -2.74. The van der Waals surface area contributed by atoms with E-state index in [1.165, 1.54) is 0 Å². The van der Waals surface area contributed by atoms with Crippen molar-refractivity contribution in [2.75, 3.05) is 13.1 Å². The van der Waals surface area contributed by atoms with Crippen molar-refractivity contribution in [1.29, 1.82) is 0 Å². The van der Waals surface area contributed by atoms with Crippen molar-refractivity contribution >= 4 is 29.1 Å². The molecule has 8 heteroatoms. The summed E-state index contributed by atoms with van der Waals surface area (Å²) in [7, 11) is 0. The number of likely N-dealkylation sites (tertiary alicyclic amines) is 1. The van der Waals surface area contributed by atoms with Gasteiger partial charge in [0.25, 0.3) is 0 Å². The van der Waals surface area contributed by atoms with E-state index in [0.717, 1.165) is 34.0 Å². The molecule has 1 aromatic carbocycles. The first-order valence-corrected chi connectivity index (χ1v) is 14.8. The molecule has 2 heterocycles. The van der Waals surface area contributed by atoms with E-state index in [9.17, 15) is 14.4 Å². The molecule has 38 heavy (non-hydrogen) atoms. The lowest BCUT2D eigenvalue weighted by Gasteiger charge is -2.24. The summed E-state index contributed by atoms with van der Waals surface area (Å²) in [5, 5.41) is 5.58. The van der Waals surface area contributed by atoms with Crippen molar-refractivity contribution in [3.05, 3.63) is 41.0 Å². The average Bonchev–Trinajstić information content (AvgIpc) is 3.57. The monoisotopic (exact) mass is 546 g/mol. The van der Waals surface area contributed by atoms with Crippen molar-refractivity contribution in [3.8, 4) is 10.4 Å². The molecule has 1 atom stereocenters. The number of aromatic nitrogens is 1. The van der Waals surface area contributed by atoms with Gasteiger partial charge in [0.15, 0.2) is 0 Å². The van der Waals surface area contributed by atoms with Gasteiger partial charge in [-0.05, 0) is 36.8 Å². The lowest BCUT2D eigenvalue weighted by Crippen LogP contribution is -2.49. The molecule has 1 aliphatic heterocycles. The van der Waals surface area contributed by atoms with Gasteiger partial charge in [0.05, 0.1) is 22.6 Å². The molecule has 1 fully saturated rings. The first-order chi connectivity index (χ1) is 18.1. The molecule has 0 bridgehead atoms.